The van der Waals surface area contributed by atoms with Gasteiger partial charge in [0.25, 0.3) is 0 Å². The van der Waals surface area contributed by atoms with Crippen molar-refractivity contribution in [2.45, 2.75) is 80.3 Å². The molecule has 1 unspecified atom stereocenters. The van der Waals surface area contributed by atoms with Crippen molar-refractivity contribution >= 4 is 19.0 Å². The summed E-state index contributed by atoms with van der Waals surface area (Å²) in [6.07, 6.45) is -0.474. The lowest BCUT2D eigenvalue weighted by atomic mass is 10.0. The van der Waals surface area contributed by atoms with Crippen LogP contribution in [0.5, 0.6) is 0 Å². The van der Waals surface area contributed by atoms with Gasteiger partial charge in [0, 0.05) is 24.5 Å². The van der Waals surface area contributed by atoms with Crippen LogP contribution in [0.4, 0.5) is 11.4 Å². The maximum atomic E-state index is 14.2. The summed E-state index contributed by atoms with van der Waals surface area (Å²) in [5.41, 5.74) is 6.40. The first-order valence-corrected chi connectivity index (χ1v) is 13.3. The molecule has 1 N–H and O–H groups in total. The lowest BCUT2D eigenvalue weighted by Crippen LogP contribution is -2.22. The topological polar surface area (TPSA) is 50.8 Å². The fourth-order valence-electron chi connectivity index (χ4n) is 4.08. The van der Waals surface area contributed by atoms with Crippen LogP contribution in [-0.4, -0.2) is 25.3 Å². The van der Waals surface area contributed by atoms with Gasteiger partial charge in [0.05, 0.1) is 12.2 Å². The Kier molecular flexibility index (Phi) is 9.39. The van der Waals surface area contributed by atoms with E-state index in [4.69, 9.17) is 9.05 Å². The summed E-state index contributed by atoms with van der Waals surface area (Å²) in [5.74, 6) is -0.627. The first-order chi connectivity index (χ1) is 15.0. The predicted molar refractivity (Wildman–Crippen MR) is 137 cm³/mol. The van der Waals surface area contributed by atoms with Crippen molar-refractivity contribution in [1.82, 2.24) is 0 Å². The Bertz CT molecular complexity index is 884. The first-order valence-electron chi connectivity index (χ1n) is 11.7. The van der Waals surface area contributed by atoms with Gasteiger partial charge in [-0.3, -0.25) is 4.57 Å². The standard InChI is InChI=1S/C26H41N2O3P/c1-10-28(11-2)24-14-12-23(13-15-24)26(32(29,30-18(3)4)31-19(5)6)27-25-21(8)16-20(7)17-22(25)9/h12-19,26-27H,10-11H2,1-9H3. The van der Waals surface area contributed by atoms with Crippen LogP contribution in [0.3, 0.4) is 0 Å². The molecule has 0 saturated heterocycles. The van der Waals surface area contributed by atoms with Crippen LogP contribution in [0, 0.1) is 20.8 Å². The SMILES string of the molecule is CCN(CC)c1ccc(C(Nc2c(C)cc(C)cc2C)P(=O)(OC(C)C)OC(C)C)cc1. The summed E-state index contributed by atoms with van der Waals surface area (Å²) < 4.78 is 26.3. The molecule has 0 aliphatic heterocycles. The Hall–Kier alpha value is -1.81. The molecule has 0 radical (unpaired) electrons. The van der Waals surface area contributed by atoms with E-state index in [1.165, 1.54) is 5.56 Å². The van der Waals surface area contributed by atoms with Crippen LogP contribution in [0.1, 0.15) is 69.6 Å². The van der Waals surface area contributed by atoms with E-state index in [1.54, 1.807) is 0 Å². The molecule has 2 rings (SSSR count). The number of hydrogen-bond donors (Lipinski definition) is 1. The molecule has 0 spiro atoms. The summed E-state index contributed by atoms with van der Waals surface area (Å²) in [6.45, 7) is 19.9. The van der Waals surface area contributed by atoms with E-state index in [0.29, 0.717) is 0 Å². The van der Waals surface area contributed by atoms with Gasteiger partial charge in [-0.25, -0.2) is 0 Å². The highest BCUT2D eigenvalue weighted by molar-refractivity contribution is 7.54. The van der Waals surface area contributed by atoms with Crippen LogP contribution in [0.25, 0.3) is 0 Å². The molecule has 0 aromatic heterocycles. The van der Waals surface area contributed by atoms with Gasteiger partial charge in [-0.2, -0.15) is 0 Å². The molecule has 1 atom stereocenters. The molecule has 32 heavy (non-hydrogen) atoms. The maximum Gasteiger partial charge on any atom is 0.357 e. The minimum atomic E-state index is -3.56. The Morgan fingerprint density at radius 3 is 1.75 bits per heavy atom. The van der Waals surface area contributed by atoms with E-state index in [1.807, 2.05) is 39.8 Å². The van der Waals surface area contributed by atoms with E-state index in [9.17, 15) is 4.57 Å². The minimum Gasteiger partial charge on any atom is -0.372 e. The maximum absolute atomic E-state index is 14.2. The zero-order valence-corrected chi connectivity index (χ0v) is 22.1. The second kappa shape index (κ2) is 11.4. The third-order valence-electron chi connectivity index (χ3n) is 5.33. The number of hydrogen-bond acceptors (Lipinski definition) is 5. The molecule has 0 bridgehead atoms. The highest BCUT2D eigenvalue weighted by Crippen LogP contribution is 2.62. The van der Waals surface area contributed by atoms with E-state index in [0.717, 1.165) is 41.2 Å². The molecule has 5 nitrogen and oxygen atoms in total. The van der Waals surface area contributed by atoms with Crippen molar-refractivity contribution in [3.05, 3.63) is 58.7 Å². The van der Waals surface area contributed by atoms with Crippen molar-refractivity contribution in [2.75, 3.05) is 23.3 Å². The molecule has 178 valence electrons. The van der Waals surface area contributed by atoms with Crippen molar-refractivity contribution in [2.24, 2.45) is 0 Å². The molecule has 2 aromatic rings. The smallest absolute Gasteiger partial charge is 0.357 e. The molecular weight excluding hydrogens is 419 g/mol. The Morgan fingerprint density at radius 1 is 0.875 bits per heavy atom. The normalized spacial score (nSPS) is 13.0. The number of benzene rings is 2. The summed E-state index contributed by atoms with van der Waals surface area (Å²) in [7, 11) is -3.56. The zero-order valence-electron chi connectivity index (χ0n) is 21.2. The van der Waals surface area contributed by atoms with E-state index in [2.05, 4.69) is 69.1 Å². The summed E-state index contributed by atoms with van der Waals surface area (Å²) in [6, 6.07) is 12.5. The lowest BCUT2D eigenvalue weighted by molar-refractivity contribution is 0.138. The molecular formula is C26H41N2O3P. The Morgan fingerprint density at radius 2 is 1.34 bits per heavy atom. The number of rotatable bonds is 11. The number of anilines is 2. The zero-order chi connectivity index (χ0) is 24.1. The van der Waals surface area contributed by atoms with Gasteiger partial charge in [-0.15, -0.1) is 0 Å². The molecule has 2 aromatic carbocycles. The molecule has 0 heterocycles. The van der Waals surface area contributed by atoms with Gasteiger partial charge < -0.3 is 19.3 Å². The van der Waals surface area contributed by atoms with Crippen LogP contribution >= 0.6 is 7.60 Å². The van der Waals surface area contributed by atoms with Gasteiger partial charge in [-0.1, -0.05) is 29.8 Å². The molecule has 0 aliphatic rings. The summed E-state index contributed by atoms with van der Waals surface area (Å²) in [5, 5.41) is 3.56. The predicted octanol–water partition coefficient (Wildman–Crippen LogP) is 7.61. The Labute approximate surface area is 195 Å². The molecule has 0 saturated carbocycles. The number of nitrogens with one attached hydrogen (secondary N) is 1. The number of aryl methyl sites for hydroxylation is 3. The summed E-state index contributed by atoms with van der Waals surface area (Å²) >= 11 is 0. The lowest BCUT2D eigenvalue weighted by Gasteiger charge is -2.32. The highest BCUT2D eigenvalue weighted by atomic mass is 31.2. The van der Waals surface area contributed by atoms with Crippen LogP contribution in [0.15, 0.2) is 36.4 Å². The first kappa shape index (κ1) is 26.4. The Balaban J connectivity index is 2.59. The average Bonchev–Trinajstić information content (AvgIpc) is 2.67. The van der Waals surface area contributed by atoms with E-state index >= 15 is 0 Å². The highest BCUT2D eigenvalue weighted by Gasteiger charge is 2.40. The van der Waals surface area contributed by atoms with Crippen molar-refractivity contribution < 1.29 is 13.6 Å². The van der Waals surface area contributed by atoms with Crippen molar-refractivity contribution in [3.63, 3.8) is 0 Å². The third kappa shape index (κ3) is 6.60. The quantitative estimate of drug-likeness (QED) is 0.350. The molecule has 0 aliphatic carbocycles. The van der Waals surface area contributed by atoms with Crippen LogP contribution < -0.4 is 10.2 Å². The second-order valence-electron chi connectivity index (χ2n) is 8.93. The largest absolute Gasteiger partial charge is 0.372 e. The summed E-state index contributed by atoms with van der Waals surface area (Å²) in [4.78, 5) is 2.29. The van der Waals surface area contributed by atoms with Crippen molar-refractivity contribution in [3.8, 4) is 0 Å². The monoisotopic (exact) mass is 460 g/mol. The van der Waals surface area contributed by atoms with Gasteiger partial charge in [-0.05, 0) is 91.1 Å². The van der Waals surface area contributed by atoms with Crippen LogP contribution in [-0.2, 0) is 13.6 Å². The molecule has 6 heteroatoms. The van der Waals surface area contributed by atoms with Crippen LogP contribution in [0.2, 0.25) is 0 Å². The molecule has 0 amide bonds. The van der Waals surface area contributed by atoms with Gasteiger partial charge in [0.15, 0.2) is 5.78 Å². The van der Waals surface area contributed by atoms with Gasteiger partial charge in [0.1, 0.15) is 0 Å². The molecule has 0 fully saturated rings. The van der Waals surface area contributed by atoms with Gasteiger partial charge in [0.2, 0.25) is 0 Å². The van der Waals surface area contributed by atoms with E-state index < -0.39 is 13.4 Å². The van der Waals surface area contributed by atoms with Crippen molar-refractivity contribution in [1.29, 1.82) is 0 Å². The number of nitrogens with zero attached hydrogens (tertiary/aromatic N) is 1. The average molecular weight is 461 g/mol. The fourth-order valence-corrected chi connectivity index (χ4v) is 6.37. The minimum absolute atomic E-state index is 0.237. The van der Waals surface area contributed by atoms with E-state index in [-0.39, 0.29) is 12.2 Å². The van der Waals surface area contributed by atoms with Gasteiger partial charge >= 0.3 is 7.60 Å². The third-order valence-corrected chi connectivity index (χ3v) is 7.82. The second-order valence-corrected chi connectivity index (χ2v) is 11.0. The fraction of sp³-hybridized carbons (Fsp3) is 0.538.